The van der Waals surface area contributed by atoms with Crippen molar-refractivity contribution in [3.8, 4) is 0 Å². The third-order valence-electron chi connectivity index (χ3n) is 2.34. The van der Waals surface area contributed by atoms with Gasteiger partial charge >= 0.3 is 11.9 Å². The van der Waals surface area contributed by atoms with Crippen molar-refractivity contribution < 1.29 is 19.1 Å². The van der Waals surface area contributed by atoms with E-state index in [0.29, 0.717) is 0 Å². The molecule has 0 fully saturated rings. The van der Waals surface area contributed by atoms with Crippen LogP contribution in [-0.2, 0) is 19.1 Å². The first-order valence-electron chi connectivity index (χ1n) is 6.51. The topological polar surface area (TPSA) is 52.6 Å². The standard InChI is InChI=1S/C10H10.C8H10O4/c1-3-9-7-5-6-8-10(9)4-2;1-3-7(9)11-5-6-12-8(10)4-2/h3-8H,1-2H2;3-4H,1-2,5-6H2. The van der Waals surface area contributed by atoms with Crippen molar-refractivity contribution in [2.24, 2.45) is 0 Å². The maximum absolute atomic E-state index is 10.4. The minimum Gasteiger partial charge on any atom is -0.459 e. The van der Waals surface area contributed by atoms with Gasteiger partial charge in [0.2, 0.25) is 0 Å². The van der Waals surface area contributed by atoms with Crippen molar-refractivity contribution in [2.45, 2.75) is 0 Å². The van der Waals surface area contributed by atoms with Crippen LogP contribution in [0.5, 0.6) is 0 Å². The molecule has 0 aromatic heterocycles. The molecule has 4 heteroatoms. The molecule has 4 nitrogen and oxygen atoms in total. The molecule has 1 aromatic carbocycles. The highest BCUT2D eigenvalue weighted by atomic mass is 16.6. The van der Waals surface area contributed by atoms with Gasteiger partial charge in [-0.05, 0) is 11.1 Å². The van der Waals surface area contributed by atoms with E-state index in [4.69, 9.17) is 0 Å². The van der Waals surface area contributed by atoms with Gasteiger partial charge in [-0.1, -0.05) is 62.7 Å². The predicted molar refractivity (Wildman–Crippen MR) is 88.9 cm³/mol. The van der Waals surface area contributed by atoms with Crippen LogP contribution < -0.4 is 0 Å². The fraction of sp³-hybridized carbons (Fsp3) is 0.111. The zero-order valence-electron chi connectivity index (χ0n) is 12.5. The molecule has 22 heavy (non-hydrogen) atoms. The van der Waals surface area contributed by atoms with E-state index in [1.807, 2.05) is 36.4 Å². The maximum atomic E-state index is 10.4. The molecule has 0 amide bonds. The number of hydrogen-bond donors (Lipinski definition) is 0. The quantitative estimate of drug-likeness (QED) is 0.440. The molecular formula is C18H20O4. The summed E-state index contributed by atoms with van der Waals surface area (Å²) in [6, 6.07) is 8.02. The summed E-state index contributed by atoms with van der Waals surface area (Å²) in [5.74, 6) is -1.07. The molecule has 0 unspecified atom stereocenters. The molecule has 1 rings (SSSR count). The lowest BCUT2D eigenvalue weighted by atomic mass is 10.1. The van der Waals surface area contributed by atoms with Gasteiger partial charge in [0, 0.05) is 12.2 Å². The van der Waals surface area contributed by atoms with Crippen molar-refractivity contribution in [1.82, 2.24) is 0 Å². The van der Waals surface area contributed by atoms with Gasteiger partial charge in [-0.2, -0.15) is 0 Å². The van der Waals surface area contributed by atoms with Crippen molar-refractivity contribution in [1.29, 1.82) is 0 Å². The molecule has 1 aromatic rings. The van der Waals surface area contributed by atoms with Crippen LogP contribution in [0.1, 0.15) is 11.1 Å². The van der Waals surface area contributed by atoms with Gasteiger partial charge in [-0.25, -0.2) is 9.59 Å². The Labute approximate surface area is 131 Å². The van der Waals surface area contributed by atoms with Crippen LogP contribution in [0.2, 0.25) is 0 Å². The highest BCUT2D eigenvalue weighted by molar-refractivity contribution is 5.81. The monoisotopic (exact) mass is 300 g/mol. The average molecular weight is 300 g/mol. The van der Waals surface area contributed by atoms with Crippen molar-refractivity contribution in [3.63, 3.8) is 0 Å². The SMILES string of the molecule is C=CC(=O)OCCOC(=O)C=C.C=Cc1ccccc1C=C. The molecule has 0 heterocycles. The van der Waals surface area contributed by atoms with E-state index < -0.39 is 11.9 Å². The molecule has 0 saturated carbocycles. The van der Waals surface area contributed by atoms with Gasteiger partial charge in [0.1, 0.15) is 13.2 Å². The molecule has 0 aliphatic heterocycles. The molecule has 0 radical (unpaired) electrons. The van der Waals surface area contributed by atoms with Crippen molar-refractivity contribution >= 4 is 24.1 Å². The van der Waals surface area contributed by atoms with Gasteiger partial charge in [0.05, 0.1) is 0 Å². The van der Waals surface area contributed by atoms with Crippen LogP contribution in [0.4, 0.5) is 0 Å². The Hall–Kier alpha value is -2.88. The third kappa shape index (κ3) is 8.32. The normalized spacial score (nSPS) is 8.55. The zero-order valence-corrected chi connectivity index (χ0v) is 12.5. The highest BCUT2D eigenvalue weighted by Crippen LogP contribution is 2.10. The summed E-state index contributed by atoms with van der Waals surface area (Å²) < 4.78 is 9.04. The number of carbonyl (C=O) groups is 2. The lowest BCUT2D eigenvalue weighted by Crippen LogP contribution is -2.10. The van der Waals surface area contributed by atoms with Gasteiger partial charge in [0.15, 0.2) is 0 Å². The molecule has 0 atom stereocenters. The van der Waals surface area contributed by atoms with E-state index in [1.54, 1.807) is 0 Å². The average Bonchev–Trinajstić information content (AvgIpc) is 2.58. The van der Waals surface area contributed by atoms with E-state index in [2.05, 4.69) is 35.8 Å². The van der Waals surface area contributed by atoms with Crippen LogP contribution in [0.25, 0.3) is 12.2 Å². The number of hydrogen-bond acceptors (Lipinski definition) is 4. The Kier molecular flexibility index (Phi) is 10.3. The number of carbonyl (C=O) groups excluding carboxylic acids is 2. The minimum atomic E-state index is -0.537. The summed E-state index contributed by atoms with van der Waals surface area (Å²) in [5.41, 5.74) is 2.27. The second kappa shape index (κ2) is 11.9. The number of benzene rings is 1. The van der Waals surface area contributed by atoms with Crippen molar-refractivity contribution in [2.75, 3.05) is 13.2 Å². The zero-order chi connectivity index (χ0) is 16.8. The van der Waals surface area contributed by atoms with E-state index in [-0.39, 0.29) is 13.2 Å². The molecule has 0 saturated heterocycles. The largest absolute Gasteiger partial charge is 0.459 e. The van der Waals surface area contributed by atoms with E-state index in [9.17, 15) is 9.59 Å². The van der Waals surface area contributed by atoms with Gasteiger partial charge < -0.3 is 9.47 Å². The van der Waals surface area contributed by atoms with Crippen LogP contribution in [-0.4, -0.2) is 25.2 Å². The number of ether oxygens (including phenoxy) is 2. The summed E-state index contributed by atoms with van der Waals surface area (Å²) in [4.78, 5) is 20.9. The summed E-state index contributed by atoms with van der Waals surface area (Å²) in [6.45, 7) is 13.8. The predicted octanol–water partition coefficient (Wildman–Crippen LogP) is 3.42. The second-order valence-corrected chi connectivity index (χ2v) is 3.78. The smallest absolute Gasteiger partial charge is 0.330 e. The van der Waals surface area contributed by atoms with Gasteiger partial charge in [0.25, 0.3) is 0 Å². The molecular weight excluding hydrogens is 280 g/mol. The summed E-state index contributed by atoms with van der Waals surface area (Å²) >= 11 is 0. The van der Waals surface area contributed by atoms with Gasteiger partial charge in [-0.15, -0.1) is 0 Å². The Morgan fingerprint density at radius 1 is 0.818 bits per heavy atom. The molecule has 0 bridgehead atoms. The summed E-state index contributed by atoms with van der Waals surface area (Å²) in [6.07, 6.45) is 5.73. The van der Waals surface area contributed by atoms with E-state index in [0.717, 1.165) is 23.3 Å². The highest BCUT2D eigenvalue weighted by Gasteiger charge is 1.97. The Balaban J connectivity index is 0.000000406. The number of rotatable bonds is 7. The molecule has 0 N–H and O–H groups in total. The van der Waals surface area contributed by atoms with Gasteiger partial charge in [-0.3, -0.25) is 0 Å². The lowest BCUT2D eigenvalue weighted by Gasteiger charge is -2.01. The van der Waals surface area contributed by atoms with Crippen LogP contribution in [0.3, 0.4) is 0 Å². The first-order valence-corrected chi connectivity index (χ1v) is 6.51. The minimum absolute atomic E-state index is 0.0322. The van der Waals surface area contributed by atoms with E-state index >= 15 is 0 Å². The molecule has 0 aliphatic carbocycles. The van der Waals surface area contributed by atoms with Crippen molar-refractivity contribution in [3.05, 3.63) is 73.9 Å². The Bertz CT molecular complexity index is 495. The Morgan fingerprint density at radius 3 is 1.45 bits per heavy atom. The maximum Gasteiger partial charge on any atom is 0.330 e. The molecule has 0 aliphatic rings. The second-order valence-electron chi connectivity index (χ2n) is 3.78. The molecule has 0 spiro atoms. The fourth-order valence-electron chi connectivity index (χ4n) is 1.29. The first kappa shape index (κ1) is 19.1. The lowest BCUT2D eigenvalue weighted by molar-refractivity contribution is -0.146. The van der Waals surface area contributed by atoms with Crippen LogP contribution >= 0.6 is 0 Å². The number of esters is 2. The third-order valence-corrected chi connectivity index (χ3v) is 2.34. The first-order chi connectivity index (χ1) is 10.6. The van der Waals surface area contributed by atoms with E-state index in [1.165, 1.54) is 0 Å². The Morgan fingerprint density at radius 2 is 1.18 bits per heavy atom. The summed E-state index contributed by atoms with van der Waals surface area (Å²) in [7, 11) is 0. The van der Waals surface area contributed by atoms with Crippen LogP contribution in [0, 0.1) is 0 Å². The summed E-state index contributed by atoms with van der Waals surface area (Å²) in [5, 5.41) is 0. The van der Waals surface area contributed by atoms with Crippen LogP contribution in [0.15, 0.2) is 62.7 Å². The fourth-order valence-corrected chi connectivity index (χ4v) is 1.29. The molecule has 116 valence electrons.